The third-order valence-corrected chi connectivity index (χ3v) is 3.82. The van der Waals surface area contributed by atoms with E-state index in [4.69, 9.17) is 33.0 Å². The number of methoxy groups -OCH3 is 1. The Hall–Kier alpha value is 1.08. The molecule has 0 unspecified atom stereocenters. The van der Waals surface area contributed by atoms with Gasteiger partial charge < -0.3 is 9.84 Å². The number of phenolic OH excluding ortho intramolecular Hbond substituents is 1. The summed E-state index contributed by atoms with van der Waals surface area (Å²) in [5, 5.41) is 10.2. The molecule has 0 bridgehead atoms. The third-order valence-electron chi connectivity index (χ3n) is 2.02. The van der Waals surface area contributed by atoms with E-state index in [-0.39, 0.29) is 31.2 Å². The van der Waals surface area contributed by atoms with Crippen molar-refractivity contribution < 1.29 is 9.84 Å². The third kappa shape index (κ3) is 17.2. The predicted octanol–water partition coefficient (Wildman–Crippen LogP) is 9.98. The van der Waals surface area contributed by atoms with Crippen LogP contribution >= 0.6 is 102 Å². The molecule has 1 N–H and O–H groups in total. The molecule has 0 amide bonds. The summed E-state index contributed by atoms with van der Waals surface area (Å²) in [6.45, 7) is 0. The number of aromatic hydroxyl groups is 1. The first-order chi connectivity index (χ1) is 10.7. The van der Waals surface area contributed by atoms with Crippen molar-refractivity contribution in [2.75, 3.05) is 7.11 Å². The van der Waals surface area contributed by atoms with Crippen molar-refractivity contribution in [3.63, 3.8) is 0 Å². The highest BCUT2D eigenvalue weighted by molar-refractivity contribution is 9.69. The van der Waals surface area contributed by atoms with Crippen LogP contribution in [0.3, 0.4) is 0 Å². The number of rotatable bonds is 1. The minimum atomic E-state index is 0. The van der Waals surface area contributed by atoms with Gasteiger partial charge in [-0.05, 0) is 68.3 Å². The van der Waals surface area contributed by atoms with Crippen LogP contribution in [-0.2, 0) is 0 Å². The van der Waals surface area contributed by atoms with Gasteiger partial charge in [0.05, 0.1) is 16.1 Å². The zero-order valence-corrected chi connectivity index (χ0v) is 21.0. The molecule has 0 aromatic heterocycles. The van der Waals surface area contributed by atoms with E-state index < -0.39 is 0 Å². The summed E-state index contributed by atoms with van der Waals surface area (Å²) in [5.41, 5.74) is 0. The Bertz CT molecular complexity index is 616. The lowest BCUT2D eigenvalue weighted by Gasteiger charge is -2.01. The molecular formula is C16H22BBr5Cl2O2. The maximum atomic E-state index is 8.97. The average molecular weight is 728 g/mol. The Kier molecular flexibility index (Phi) is 25.8. The summed E-state index contributed by atoms with van der Waals surface area (Å²) in [7, 11) is 1.61. The Morgan fingerprint density at radius 2 is 1.23 bits per heavy atom. The van der Waals surface area contributed by atoms with Gasteiger partial charge in [0, 0.05) is 10.0 Å². The van der Waals surface area contributed by atoms with Crippen LogP contribution < -0.4 is 4.74 Å². The molecule has 0 aliphatic carbocycles. The lowest BCUT2D eigenvalue weighted by Crippen LogP contribution is -1.82. The molecule has 0 atom stereocenters. The van der Waals surface area contributed by atoms with Gasteiger partial charge in [0.1, 0.15) is 11.5 Å². The Balaban J connectivity index is -0.000000142. The fourth-order valence-corrected chi connectivity index (χ4v) is 2.10. The topological polar surface area (TPSA) is 29.5 Å². The van der Waals surface area contributed by atoms with Crippen molar-refractivity contribution in [1.82, 2.24) is 0 Å². The molecule has 0 saturated carbocycles. The second-order valence-electron chi connectivity index (χ2n) is 3.62. The molecular weight excluding hydrogens is 705 g/mol. The first-order valence-corrected chi connectivity index (χ1v) is 10.8. The van der Waals surface area contributed by atoms with Gasteiger partial charge in [0.25, 0.3) is 0 Å². The maximum absolute atomic E-state index is 8.97. The van der Waals surface area contributed by atoms with Crippen molar-refractivity contribution in [2.24, 2.45) is 0 Å². The molecule has 2 aromatic carbocycles. The van der Waals surface area contributed by atoms with Crippen LogP contribution in [0.15, 0.2) is 45.3 Å². The minimum absolute atomic E-state index is 0. The Labute approximate surface area is 209 Å². The lowest BCUT2D eigenvalue weighted by molar-refractivity contribution is 0.412. The molecule has 2 rings (SSSR count). The molecule has 0 heterocycles. The van der Waals surface area contributed by atoms with E-state index >= 15 is 0 Å². The summed E-state index contributed by atoms with van der Waals surface area (Å²) in [6.07, 6.45) is 0. The molecule has 0 aliphatic heterocycles. The zero-order valence-electron chi connectivity index (χ0n) is 11.5. The summed E-state index contributed by atoms with van der Waals surface area (Å²) in [6, 6.07) is 10.3. The molecule has 0 aliphatic rings. The van der Waals surface area contributed by atoms with Crippen LogP contribution in [0.4, 0.5) is 0 Å². The van der Waals surface area contributed by atoms with E-state index in [0.717, 1.165) is 10.2 Å². The van der Waals surface area contributed by atoms with Crippen LogP contribution in [0.5, 0.6) is 11.5 Å². The van der Waals surface area contributed by atoms with E-state index in [1.54, 1.807) is 31.4 Å². The van der Waals surface area contributed by atoms with Gasteiger partial charge in [0.2, 0.25) is 0 Å². The Morgan fingerprint density at radius 1 is 0.846 bits per heavy atom. The monoisotopic (exact) mass is 722 g/mol. The number of hydrogen-bond donors (Lipinski definition) is 1. The summed E-state index contributed by atoms with van der Waals surface area (Å²) in [4.78, 5) is 0. The molecule has 10 heteroatoms. The second kappa shape index (κ2) is 19.4. The molecule has 26 heavy (non-hydrogen) atoms. The van der Waals surface area contributed by atoms with Gasteiger partial charge in [-0.3, -0.25) is 0 Å². The molecule has 0 fully saturated rings. The lowest BCUT2D eigenvalue weighted by atomic mass is 10.3. The van der Waals surface area contributed by atoms with Crippen LogP contribution in [0, 0.1) is 0 Å². The van der Waals surface area contributed by atoms with Crippen LogP contribution in [0.1, 0.15) is 22.3 Å². The summed E-state index contributed by atoms with van der Waals surface area (Å²) in [5.74, 6) is 0.926. The van der Waals surface area contributed by atoms with Gasteiger partial charge in [-0.2, -0.15) is 0 Å². The first-order valence-electron chi connectivity index (χ1n) is 5.72. The van der Waals surface area contributed by atoms with Crippen molar-refractivity contribution in [3.05, 3.63) is 55.4 Å². The van der Waals surface area contributed by atoms with E-state index in [2.05, 4.69) is 79.1 Å². The molecule has 150 valence electrons. The number of halogens is 7. The van der Waals surface area contributed by atoms with Gasteiger partial charge in [-0.25, -0.2) is 0 Å². The second-order valence-corrected chi connectivity index (χ2v) is 12.6. The van der Waals surface area contributed by atoms with Crippen LogP contribution in [0.25, 0.3) is 0 Å². The van der Waals surface area contributed by atoms with Gasteiger partial charge in [-0.1, -0.05) is 45.5 Å². The Morgan fingerprint density at radius 3 is 1.54 bits per heavy atom. The van der Waals surface area contributed by atoms with Crippen LogP contribution in [-0.4, -0.2) is 15.4 Å². The van der Waals surface area contributed by atoms with Gasteiger partial charge >= 0.3 is 3.18 Å². The summed E-state index contributed by atoms with van der Waals surface area (Å²) >= 11 is 27.0. The van der Waals surface area contributed by atoms with E-state index in [1.807, 2.05) is 6.07 Å². The van der Waals surface area contributed by atoms with E-state index in [9.17, 15) is 0 Å². The fraction of sp³-hybridized carbons (Fsp3) is 0.250. The van der Waals surface area contributed by atoms with Crippen molar-refractivity contribution >= 4 is 106 Å². The maximum Gasteiger partial charge on any atom is 0.369 e. The predicted molar refractivity (Wildman–Crippen MR) is 139 cm³/mol. The van der Waals surface area contributed by atoms with Gasteiger partial charge in [0.15, 0.2) is 0 Å². The molecule has 0 saturated heterocycles. The number of ether oxygens (including phenoxy) is 1. The highest BCUT2D eigenvalue weighted by Crippen LogP contribution is 2.27. The standard InChI is InChI=1S/C7H6BrClO.C6H4BrClO.3CH4.BBr3/c1-10-7-4-5(9)2-3-6(7)8;7-5-2-1-4(8)3-6(5)9;;;;2-1(3)4/h2-4H,1H3;1-3,9H;3*1H4;. The molecule has 0 radical (unpaired) electrons. The molecule has 0 spiro atoms. The highest BCUT2D eigenvalue weighted by Gasteiger charge is 1.98. The van der Waals surface area contributed by atoms with E-state index in [0.29, 0.717) is 14.5 Å². The number of phenols is 1. The minimum Gasteiger partial charge on any atom is -0.507 e. The average Bonchev–Trinajstić information content (AvgIpc) is 2.46. The quantitative estimate of drug-likeness (QED) is 0.297. The van der Waals surface area contributed by atoms with Crippen LogP contribution in [0.2, 0.25) is 10.0 Å². The van der Waals surface area contributed by atoms with Crippen molar-refractivity contribution in [3.8, 4) is 11.5 Å². The van der Waals surface area contributed by atoms with Crippen molar-refractivity contribution in [2.45, 2.75) is 22.3 Å². The molecule has 2 nitrogen and oxygen atoms in total. The fourth-order valence-electron chi connectivity index (χ4n) is 1.12. The number of benzene rings is 2. The summed E-state index contributed by atoms with van der Waals surface area (Å²) < 4.78 is 6.84. The normalized spacial score (nSPS) is 8.00. The van der Waals surface area contributed by atoms with Crippen molar-refractivity contribution in [1.29, 1.82) is 0 Å². The molecule has 2 aromatic rings. The number of hydrogen-bond acceptors (Lipinski definition) is 2. The highest BCUT2D eigenvalue weighted by atomic mass is 79.9. The van der Waals surface area contributed by atoms with Gasteiger partial charge in [-0.15, -0.1) is 47.3 Å². The van der Waals surface area contributed by atoms with E-state index in [1.165, 1.54) is 6.07 Å². The smallest absolute Gasteiger partial charge is 0.369 e. The first kappa shape index (κ1) is 34.6. The largest absolute Gasteiger partial charge is 0.507 e. The SMILES string of the molecule is BrB(Br)Br.C.C.C.COc1cc(Cl)ccc1Br.Oc1cc(Cl)ccc1Br. The zero-order chi connectivity index (χ0) is 18.0.